The summed E-state index contributed by atoms with van der Waals surface area (Å²) in [5.41, 5.74) is 2.54. The first-order valence-electron chi connectivity index (χ1n) is 13.4. The number of hydrogen-bond acceptors (Lipinski definition) is 5. The Hall–Kier alpha value is -3.56. The van der Waals surface area contributed by atoms with Gasteiger partial charge in [0.2, 0.25) is 11.8 Å². The molecule has 220 valence electrons. The number of ether oxygens (including phenoxy) is 1. The molecule has 1 atom stereocenters. The number of carbonyl (C=O) groups is 2. The third-order valence-corrected chi connectivity index (χ3v) is 8.68. The number of nitrogens with zero attached hydrogens (tertiary/aromatic N) is 2. The Balaban J connectivity index is 2.06. The highest BCUT2D eigenvalue weighted by atomic mass is 35.5. The van der Waals surface area contributed by atoms with Crippen molar-refractivity contribution in [3.05, 3.63) is 88.4 Å². The van der Waals surface area contributed by atoms with Gasteiger partial charge in [0.25, 0.3) is 10.0 Å². The van der Waals surface area contributed by atoms with E-state index >= 15 is 0 Å². The zero-order chi connectivity index (χ0) is 30.3. The van der Waals surface area contributed by atoms with Crippen LogP contribution in [0.25, 0.3) is 0 Å². The van der Waals surface area contributed by atoms with Gasteiger partial charge in [0, 0.05) is 18.1 Å². The van der Waals surface area contributed by atoms with Crippen LogP contribution in [0.15, 0.2) is 71.6 Å². The molecule has 0 bridgehead atoms. The normalized spacial score (nSPS) is 12.1. The van der Waals surface area contributed by atoms with Gasteiger partial charge in [0.1, 0.15) is 18.3 Å². The number of nitrogens with one attached hydrogen (secondary N) is 1. The molecule has 0 unspecified atom stereocenters. The maximum absolute atomic E-state index is 14.1. The number of hydrogen-bond donors (Lipinski definition) is 1. The Labute approximate surface area is 248 Å². The third kappa shape index (κ3) is 8.24. The van der Waals surface area contributed by atoms with Crippen LogP contribution in [0.2, 0.25) is 5.02 Å². The van der Waals surface area contributed by atoms with Gasteiger partial charge in [0.05, 0.1) is 17.7 Å². The molecule has 3 aromatic rings. The van der Waals surface area contributed by atoms with Gasteiger partial charge in [-0.15, -0.1) is 0 Å². The van der Waals surface area contributed by atoms with Crippen LogP contribution in [0.1, 0.15) is 37.5 Å². The summed E-state index contributed by atoms with van der Waals surface area (Å²) in [6.45, 7) is 9.18. The lowest BCUT2D eigenvalue weighted by atomic mass is 10.1. The molecule has 2 amide bonds. The zero-order valence-electron chi connectivity index (χ0n) is 24.3. The largest absolute Gasteiger partial charge is 0.497 e. The first-order chi connectivity index (χ1) is 19.3. The Bertz CT molecular complexity index is 1480. The van der Waals surface area contributed by atoms with Gasteiger partial charge in [-0.25, -0.2) is 8.42 Å². The average molecular weight is 600 g/mol. The molecule has 0 spiro atoms. The number of carbonyl (C=O) groups excluding carboxylic acids is 2. The van der Waals surface area contributed by atoms with Crippen LogP contribution in [0.5, 0.6) is 5.75 Å². The number of rotatable bonds is 12. The van der Waals surface area contributed by atoms with Crippen LogP contribution in [0.3, 0.4) is 0 Å². The highest BCUT2D eigenvalue weighted by molar-refractivity contribution is 7.92. The van der Waals surface area contributed by atoms with Crippen LogP contribution in [-0.4, -0.2) is 51.4 Å². The summed E-state index contributed by atoms with van der Waals surface area (Å²) in [6.07, 6.45) is 0. The van der Waals surface area contributed by atoms with E-state index in [4.69, 9.17) is 16.3 Å². The smallest absolute Gasteiger partial charge is 0.264 e. The van der Waals surface area contributed by atoms with Crippen molar-refractivity contribution in [2.75, 3.05) is 24.5 Å². The summed E-state index contributed by atoms with van der Waals surface area (Å²) in [4.78, 5) is 28.6. The quantitative estimate of drug-likeness (QED) is 0.303. The van der Waals surface area contributed by atoms with Gasteiger partial charge in [-0.05, 0) is 74.2 Å². The Morgan fingerprint density at radius 1 is 0.976 bits per heavy atom. The molecule has 0 fully saturated rings. The fourth-order valence-electron chi connectivity index (χ4n) is 4.20. The standard InChI is InChI=1S/C31H38ClN3O5S/c1-21(2)18-33-31(37)24(5)34(19-25-8-7-9-27(16-25)40-6)30(36)20-35(29-17-26(32)13-12-23(29)4)41(38,39)28-14-10-22(3)11-15-28/h7-17,21,24H,18-20H2,1-6H3,(H,33,37)/t24-/m1/s1. The minimum Gasteiger partial charge on any atom is -0.497 e. The molecule has 1 N–H and O–H groups in total. The van der Waals surface area contributed by atoms with Crippen LogP contribution >= 0.6 is 11.6 Å². The van der Waals surface area contributed by atoms with Gasteiger partial charge in [-0.1, -0.05) is 61.3 Å². The maximum atomic E-state index is 14.1. The van der Waals surface area contributed by atoms with Crippen LogP contribution in [0, 0.1) is 19.8 Å². The fraction of sp³-hybridized carbons (Fsp3) is 0.355. The molecule has 0 aliphatic rings. The van der Waals surface area contributed by atoms with Gasteiger partial charge in [0.15, 0.2) is 0 Å². The highest BCUT2D eigenvalue weighted by Gasteiger charge is 2.33. The van der Waals surface area contributed by atoms with Gasteiger partial charge in [-0.2, -0.15) is 0 Å². The fourth-order valence-corrected chi connectivity index (χ4v) is 5.84. The predicted octanol–water partition coefficient (Wildman–Crippen LogP) is 5.35. The number of amides is 2. The average Bonchev–Trinajstić information content (AvgIpc) is 2.94. The number of anilines is 1. The van der Waals surface area contributed by atoms with Crippen molar-refractivity contribution >= 4 is 39.1 Å². The predicted molar refractivity (Wildman–Crippen MR) is 163 cm³/mol. The molecule has 0 radical (unpaired) electrons. The number of halogens is 1. The molecule has 3 aromatic carbocycles. The number of methoxy groups -OCH3 is 1. The first-order valence-corrected chi connectivity index (χ1v) is 15.2. The molecule has 0 aliphatic carbocycles. The summed E-state index contributed by atoms with van der Waals surface area (Å²) in [5.74, 6) is -0.0588. The van der Waals surface area contributed by atoms with Gasteiger partial charge < -0.3 is 15.0 Å². The Morgan fingerprint density at radius 2 is 1.66 bits per heavy atom. The molecule has 0 saturated carbocycles. The molecular formula is C31H38ClN3O5S. The lowest BCUT2D eigenvalue weighted by molar-refractivity contribution is -0.139. The second-order valence-electron chi connectivity index (χ2n) is 10.4. The molecule has 0 saturated heterocycles. The minimum atomic E-state index is -4.18. The van der Waals surface area contributed by atoms with E-state index in [1.807, 2.05) is 26.8 Å². The van der Waals surface area contributed by atoms with Crippen molar-refractivity contribution in [3.8, 4) is 5.75 Å². The molecular weight excluding hydrogens is 562 g/mol. The zero-order valence-corrected chi connectivity index (χ0v) is 25.9. The third-order valence-electron chi connectivity index (χ3n) is 6.67. The number of sulfonamides is 1. The second kappa shape index (κ2) is 13.9. The van der Waals surface area contributed by atoms with Gasteiger partial charge in [-0.3, -0.25) is 13.9 Å². The van der Waals surface area contributed by atoms with Crippen LogP contribution < -0.4 is 14.4 Å². The lowest BCUT2D eigenvalue weighted by Gasteiger charge is -2.32. The topological polar surface area (TPSA) is 96.0 Å². The summed E-state index contributed by atoms with van der Waals surface area (Å²) < 4.78 is 34.4. The molecule has 41 heavy (non-hydrogen) atoms. The Morgan fingerprint density at radius 3 is 2.29 bits per heavy atom. The highest BCUT2D eigenvalue weighted by Crippen LogP contribution is 2.30. The van der Waals surface area contributed by atoms with Crippen molar-refractivity contribution in [2.24, 2.45) is 5.92 Å². The van der Waals surface area contributed by atoms with E-state index < -0.39 is 28.5 Å². The van der Waals surface area contributed by atoms with Crippen LogP contribution in [0.4, 0.5) is 5.69 Å². The maximum Gasteiger partial charge on any atom is 0.264 e. The van der Waals surface area contributed by atoms with Crippen molar-refractivity contribution in [1.82, 2.24) is 10.2 Å². The van der Waals surface area contributed by atoms with Crippen molar-refractivity contribution < 1.29 is 22.7 Å². The van der Waals surface area contributed by atoms with E-state index in [1.54, 1.807) is 63.4 Å². The van der Waals surface area contributed by atoms with E-state index in [-0.39, 0.29) is 29.0 Å². The number of aryl methyl sites for hydroxylation is 2. The van der Waals surface area contributed by atoms with Crippen molar-refractivity contribution in [1.29, 1.82) is 0 Å². The van der Waals surface area contributed by atoms with E-state index in [2.05, 4.69) is 5.32 Å². The van der Waals surface area contributed by atoms with Crippen LogP contribution in [-0.2, 0) is 26.2 Å². The van der Waals surface area contributed by atoms with E-state index in [9.17, 15) is 18.0 Å². The summed E-state index contributed by atoms with van der Waals surface area (Å²) in [6, 6.07) is 17.6. The van der Waals surface area contributed by atoms with E-state index in [0.717, 1.165) is 15.4 Å². The molecule has 0 aliphatic heterocycles. The molecule has 10 heteroatoms. The minimum absolute atomic E-state index is 0.0392. The summed E-state index contributed by atoms with van der Waals surface area (Å²) >= 11 is 6.28. The monoisotopic (exact) mass is 599 g/mol. The molecule has 0 aromatic heterocycles. The molecule has 3 rings (SSSR count). The van der Waals surface area contributed by atoms with Crippen molar-refractivity contribution in [3.63, 3.8) is 0 Å². The summed E-state index contributed by atoms with van der Waals surface area (Å²) in [5, 5.41) is 3.21. The Kier molecular flexibility index (Phi) is 10.8. The lowest BCUT2D eigenvalue weighted by Crippen LogP contribution is -2.51. The second-order valence-corrected chi connectivity index (χ2v) is 12.7. The molecule has 8 nitrogen and oxygen atoms in total. The first kappa shape index (κ1) is 32.0. The number of benzene rings is 3. The SMILES string of the molecule is COc1cccc(CN(C(=O)CN(c2cc(Cl)ccc2C)S(=O)(=O)c2ccc(C)cc2)[C@H](C)C(=O)NCC(C)C)c1. The van der Waals surface area contributed by atoms with E-state index in [1.165, 1.54) is 23.1 Å². The van der Waals surface area contributed by atoms with Gasteiger partial charge >= 0.3 is 0 Å². The summed E-state index contributed by atoms with van der Waals surface area (Å²) in [7, 11) is -2.64. The van der Waals surface area contributed by atoms with Crippen molar-refractivity contribution in [2.45, 2.75) is 52.1 Å². The molecule has 0 heterocycles. The van der Waals surface area contributed by atoms with E-state index in [0.29, 0.717) is 22.9 Å².